The summed E-state index contributed by atoms with van der Waals surface area (Å²) in [6, 6.07) is 9.30. The van der Waals surface area contributed by atoms with Crippen LogP contribution >= 0.6 is 11.6 Å². The Bertz CT molecular complexity index is 1410. The standard InChI is InChI=1S/C24H20ClF2N3O5/c1-13-7-21(35-11-15-3-4-16(26)8-18(15)27)23(25)24(34)30(13)17-5-6-19-20(9-17)28(14(2)32)12-29(19)22(33)10-31/h3-9,31H,10-12H2,1-2H3. The number of ether oxygens (including phenoxy) is 1. The molecule has 4 rings (SSSR count). The fourth-order valence-corrected chi connectivity index (χ4v) is 4.05. The predicted octanol–water partition coefficient (Wildman–Crippen LogP) is 3.31. The molecule has 3 aromatic rings. The molecule has 182 valence electrons. The van der Waals surface area contributed by atoms with E-state index in [4.69, 9.17) is 16.3 Å². The van der Waals surface area contributed by atoms with Crippen molar-refractivity contribution in [3.8, 4) is 11.4 Å². The third kappa shape index (κ3) is 4.50. The van der Waals surface area contributed by atoms with E-state index in [2.05, 4.69) is 0 Å². The normalized spacial score (nSPS) is 12.6. The monoisotopic (exact) mass is 503 g/mol. The predicted molar refractivity (Wildman–Crippen MR) is 125 cm³/mol. The SMILES string of the molecule is CC(=O)N1CN(C(=O)CO)c2ccc(-n3c(C)cc(OCc4ccc(F)cc4F)c(Cl)c3=O)cc21. The molecule has 2 aromatic carbocycles. The number of amides is 2. The summed E-state index contributed by atoms with van der Waals surface area (Å²) >= 11 is 6.27. The van der Waals surface area contributed by atoms with Crippen LogP contribution in [0.3, 0.4) is 0 Å². The number of benzene rings is 2. The largest absolute Gasteiger partial charge is 0.487 e. The number of nitrogens with zero attached hydrogens (tertiary/aromatic N) is 3. The molecule has 1 aliphatic rings. The van der Waals surface area contributed by atoms with Gasteiger partial charge in [-0.05, 0) is 37.3 Å². The summed E-state index contributed by atoms with van der Waals surface area (Å²) in [5.41, 5.74) is 1.11. The van der Waals surface area contributed by atoms with Gasteiger partial charge in [0.1, 0.15) is 42.3 Å². The molecule has 0 radical (unpaired) electrons. The summed E-state index contributed by atoms with van der Waals surface area (Å²) in [5, 5.41) is 9.00. The molecule has 0 unspecified atom stereocenters. The third-order valence-corrected chi connectivity index (χ3v) is 5.94. The molecule has 0 atom stereocenters. The van der Waals surface area contributed by atoms with Gasteiger partial charge in [-0.25, -0.2) is 8.78 Å². The first-order chi connectivity index (χ1) is 16.6. The molecule has 0 saturated carbocycles. The van der Waals surface area contributed by atoms with Crippen molar-refractivity contribution in [3.63, 3.8) is 0 Å². The van der Waals surface area contributed by atoms with Gasteiger partial charge in [-0.2, -0.15) is 0 Å². The van der Waals surface area contributed by atoms with Gasteiger partial charge in [-0.1, -0.05) is 11.6 Å². The molecule has 1 N–H and O–H groups in total. The van der Waals surface area contributed by atoms with Gasteiger partial charge in [0.2, 0.25) is 5.91 Å². The number of aryl methyl sites for hydroxylation is 1. The van der Waals surface area contributed by atoms with Gasteiger partial charge < -0.3 is 9.84 Å². The molecule has 0 fully saturated rings. The smallest absolute Gasteiger partial charge is 0.277 e. The van der Waals surface area contributed by atoms with Gasteiger partial charge in [-0.3, -0.25) is 28.8 Å². The van der Waals surface area contributed by atoms with Gasteiger partial charge in [-0.15, -0.1) is 0 Å². The summed E-state index contributed by atoms with van der Waals surface area (Å²) in [7, 11) is 0. The van der Waals surface area contributed by atoms with E-state index in [1.807, 2.05) is 0 Å². The van der Waals surface area contributed by atoms with Crippen LogP contribution in [0.25, 0.3) is 5.69 Å². The minimum absolute atomic E-state index is 0.0281. The zero-order valence-electron chi connectivity index (χ0n) is 18.7. The molecule has 1 aromatic heterocycles. The molecule has 35 heavy (non-hydrogen) atoms. The number of aromatic nitrogens is 1. The maximum absolute atomic E-state index is 13.9. The maximum atomic E-state index is 13.9. The number of carbonyl (C=O) groups excluding carboxylic acids is 2. The highest BCUT2D eigenvalue weighted by molar-refractivity contribution is 6.31. The second-order valence-corrected chi connectivity index (χ2v) is 8.25. The van der Waals surface area contributed by atoms with Gasteiger partial charge in [0.05, 0.1) is 17.1 Å². The number of hydrogen-bond donors (Lipinski definition) is 1. The first kappa shape index (κ1) is 24.4. The molecule has 2 heterocycles. The van der Waals surface area contributed by atoms with Gasteiger partial charge in [0.15, 0.2) is 0 Å². The van der Waals surface area contributed by atoms with E-state index in [-0.39, 0.29) is 35.5 Å². The Balaban J connectivity index is 1.70. The van der Waals surface area contributed by atoms with E-state index in [0.717, 1.165) is 12.1 Å². The Kier molecular flexibility index (Phi) is 6.60. The summed E-state index contributed by atoms with van der Waals surface area (Å²) in [4.78, 5) is 40.0. The number of halogens is 3. The summed E-state index contributed by atoms with van der Waals surface area (Å²) in [6.07, 6.45) is 0. The van der Waals surface area contributed by atoms with Crippen LogP contribution in [0.15, 0.2) is 47.3 Å². The average molecular weight is 504 g/mol. The lowest BCUT2D eigenvalue weighted by molar-refractivity contribution is -0.121. The van der Waals surface area contributed by atoms with Crippen molar-refractivity contribution in [3.05, 3.63) is 80.7 Å². The van der Waals surface area contributed by atoms with Crippen molar-refractivity contribution in [2.75, 3.05) is 23.1 Å². The number of anilines is 2. The number of hydrogen-bond acceptors (Lipinski definition) is 5. The fourth-order valence-electron chi connectivity index (χ4n) is 3.86. The zero-order chi connectivity index (χ0) is 25.4. The molecule has 0 aliphatic carbocycles. The molecule has 8 nitrogen and oxygen atoms in total. The van der Waals surface area contributed by atoms with Crippen LogP contribution in [-0.2, 0) is 16.2 Å². The zero-order valence-corrected chi connectivity index (χ0v) is 19.5. The first-order valence-electron chi connectivity index (χ1n) is 10.4. The van der Waals surface area contributed by atoms with E-state index in [1.165, 1.54) is 33.4 Å². The highest BCUT2D eigenvalue weighted by Crippen LogP contribution is 2.38. The van der Waals surface area contributed by atoms with Gasteiger partial charge in [0, 0.05) is 30.3 Å². The summed E-state index contributed by atoms with van der Waals surface area (Å²) in [6.45, 7) is 1.93. The van der Waals surface area contributed by atoms with Crippen LogP contribution in [0.2, 0.25) is 5.02 Å². The van der Waals surface area contributed by atoms with Crippen molar-refractivity contribution >= 4 is 34.8 Å². The number of aliphatic hydroxyl groups excluding tert-OH is 1. The first-order valence-corrected chi connectivity index (χ1v) is 10.8. The molecule has 2 amide bonds. The molecule has 0 bridgehead atoms. The van der Waals surface area contributed by atoms with Crippen LogP contribution in [-0.4, -0.2) is 34.8 Å². The van der Waals surface area contributed by atoms with Gasteiger partial charge in [0.25, 0.3) is 11.5 Å². The lowest BCUT2D eigenvalue weighted by atomic mass is 10.2. The Morgan fingerprint density at radius 1 is 1.09 bits per heavy atom. The molecular formula is C24H20ClF2N3O5. The van der Waals surface area contributed by atoms with Crippen molar-refractivity contribution in [2.45, 2.75) is 20.5 Å². The molecule has 0 spiro atoms. The fraction of sp³-hybridized carbons (Fsp3) is 0.208. The highest BCUT2D eigenvalue weighted by atomic mass is 35.5. The van der Waals surface area contributed by atoms with Crippen LogP contribution in [0.5, 0.6) is 5.75 Å². The molecule has 11 heteroatoms. The molecule has 0 saturated heterocycles. The Morgan fingerprint density at radius 3 is 2.49 bits per heavy atom. The van der Waals surface area contributed by atoms with E-state index in [0.29, 0.717) is 22.8 Å². The topological polar surface area (TPSA) is 92.1 Å². The second kappa shape index (κ2) is 9.47. The van der Waals surface area contributed by atoms with E-state index in [1.54, 1.807) is 25.1 Å². The van der Waals surface area contributed by atoms with Crippen LogP contribution in [0, 0.1) is 18.6 Å². The number of rotatable bonds is 5. The summed E-state index contributed by atoms with van der Waals surface area (Å²) < 4.78 is 33.9. The number of fused-ring (bicyclic) bond motifs is 1. The van der Waals surface area contributed by atoms with E-state index in [9.17, 15) is 28.3 Å². The Morgan fingerprint density at radius 2 is 1.83 bits per heavy atom. The molecular weight excluding hydrogens is 484 g/mol. The number of carbonyl (C=O) groups is 2. The lowest BCUT2D eigenvalue weighted by Crippen LogP contribution is -2.38. The summed E-state index contributed by atoms with van der Waals surface area (Å²) in [5.74, 6) is -2.37. The Hall–Kier alpha value is -3.76. The lowest BCUT2D eigenvalue weighted by Gasteiger charge is -2.17. The molecule has 1 aliphatic heterocycles. The van der Waals surface area contributed by atoms with Crippen LogP contribution in [0.1, 0.15) is 18.2 Å². The third-order valence-electron chi connectivity index (χ3n) is 5.60. The van der Waals surface area contributed by atoms with E-state index >= 15 is 0 Å². The minimum Gasteiger partial charge on any atom is -0.487 e. The van der Waals surface area contributed by atoms with Crippen LogP contribution in [0.4, 0.5) is 20.2 Å². The van der Waals surface area contributed by atoms with Crippen molar-refractivity contribution < 1.29 is 28.2 Å². The number of pyridine rings is 1. The average Bonchev–Trinajstić information content (AvgIpc) is 3.20. The van der Waals surface area contributed by atoms with E-state index < -0.39 is 29.7 Å². The van der Waals surface area contributed by atoms with Crippen LogP contribution < -0.4 is 20.1 Å². The maximum Gasteiger partial charge on any atom is 0.277 e. The quantitative estimate of drug-likeness (QED) is 0.577. The van der Waals surface area contributed by atoms with Crippen molar-refractivity contribution in [2.24, 2.45) is 0 Å². The highest BCUT2D eigenvalue weighted by Gasteiger charge is 2.32. The minimum atomic E-state index is -0.784. The van der Waals surface area contributed by atoms with Crippen molar-refractivity contribution in [1.82, 2.24) is 4.57 Å². The second-order valence-electron chi connectivity index (χ2n) is 7.87. The Labute approximate surface area is 203 Å². The van der Waals surface area contributed by atoms with Crippen molar-refractivity contribution in [1.29, 1.82) is 0 Å². The number of aliphatic hydroxyl groups is 1. The van der Waals surface area contributed by atoms with Gasteiger partial charge >= 0.3 is 0 Å².